The van der Waals surface area contributed by atoms with Crippen molar-refractivity contribution in [3.05, 3.63) is 81.1 Å². The molecule has 0 aliphatic heterocycles. The number of hydrogen-bond donors (Lipinski definition) is 1. The Morgan fingerprint density at radius 3 is 2.47 bits per heavy atom. The van der Waals surface area contributed by atoms with Crippen LogP contribution in [0.4, 0.5) is 14.9 Å². The molecule has 184 valence electrons. The zero-order valence-corrected chi connectivity index (χ0v) is 21.5. The van der Waals surface area contributed by atoms with Crippen LogP contribution in [0.25, 0.3) is 21.6 Å². The van der Waals surface area contributed by atoms with E-state index in [-0.39, 0.29) is 11.9 Å². The van der Waals surface area contributed by atoms with Crippen LogP contribution in [0.15, 0.2) is 65.4 Å². The third-order valence-corrected chi connectivity index (χ3v) is 7.94. The fourth-order valence-electron chi connectivity index (χ4n) is 3.75. The number of esters is 1. The van der Waals surface area contributed by atoms with Gasteiger partial charge in [0.05, 0.1) is 21.5 Å². The molecule has 1 unspecified atom stereocenters. The highest BCUT2D eigenvalue weighted by Gasteiger charge is 2.31. The molecule has 0 saturated heterocycles. The zero-order valence-electron chi connectivity index (χ0n) is 19.1. The molecule has 1 aliphatic carbocycles. The molecule has 5 nitrogen and oxygen atoms in total. The minimum atomic E-state index is -0.705. The van der Waals surface area contributed by atoms with Crippen LogP contribution < -0.4 is 10.1 Å². The van der Waals surface area contributed by atoms with Gasteiger partial charge in [0.1, 0.15) is 11.9 Å². The van der Waals surface area contributed by atoms with E-state index in [1.54, 1.807) is 24.4 Å². The Labute approximate surface area is 220 Å². The lowest BCUT2D eigenvalue weighted by Crippen LogP contribution is -2.16. The maximum Gasteiger partial charge on any atom is 0.412 e. The lowest BCUT2D eigenvalue weighted by atomic mass is 9.98. The number of hydrogen-bond acceptors (Lipinski definition) is 6. The van der Waals surface area contributed by atoms with Crippen molar-refractivity contribution in [3.8, 4) is 27.3 Å². The van der Waals surface area contributed by atoms with E-state index in [1.807, 2.05) is 41.8 Å². The molecule has 1 atom stereocenters. The summed E-state index contributed by atoms with van der Waals surface area (Å²) in [5.74, 6) is 0.303. The van der Waals surface area contributed by atoms with Crippen LogP contribution in [0.5, 0.6) is 5.75 Å². The average Bonchev–Trinajstić information content (AvgIpc) is 3.53. The highest BCUT2D eigenvalue weighted by Crippen LogP contribution is 2.42. The summed E-state index contributed by atoms with van der Waals surface area (Å²) in [5, 5.41) is 6.36. The van der Waals surface area contributed by atoms with Crippen LogP contribution >= 0.6 is 34.3 Å². The summed E-state index contributed by atoms with van der Waals surface area (Å²) >= 11 is 8.49. The van der Waals surface area contributed by atoms with E-state index in [2.05, 4.69) is 5.32 Å². The van der Waals surface area contributed by atoms with E-state index in [4.69, 9.17) is 21.1 Å². The standard InChI is InChI=1S/C27H21ClFNO4S2/c1-15(21-13-35-14-22(21)28)33-27(32)30-23-12-24(29)36-25(23)20-5-3-2-4-19(20)16-8-10-18(11-9-16)34-26(31)17-6-7-17/h2-5,8-15,17H,6-7H2,1H3,(H,30,32). The van der Waals surface area contributed by atoms with E-state index in [1.165, 1.54) is 17.4 Å². The molecule has 2 heterocycles. The van der Waals surface area contributed by atoms with Crippen molar-refractivity contribution in [3.63, 3.8) is 0 Å². The SMILES string of the molecule is CC(OC(=O)Nc1cc(F)sc1-c1ccccc1-c1ccc(OC(=O)C2CC2)cc1)c1cscc1Cl. The van der Waals surface area contributed by atoms with Gasteiger partial charge in [-0.1, -0.05) is 48.0 Å². The molecular formula is C27H21ClFNO4S2. The summed E-state index contributed by atoms with van der Waals surface area (Å²) in [6, 6.07) is 16.0. The molecule has 5 rings (SSSR count). The summed E-state index contributed by atoms with van der Waals surface area (Å²) in [7, 11) is 0. The van der Waals surface area contributed by atoms with Gasteiger partial charge in [0.15, 0.2) is 5.13 Å². The molecule has 0 radical (unpaired) electrons. The Morgan fingerprint density at radius 2 is 1.81 bits per heavy atom. The first-order valence-corrected chi connectivity index (χ1v) is 13.4. The van der Waals surface area contributed by atoms with Gasteiger partial charge in [0, 0.05) is 22.6 Å². The Balaban J connectivity index is 1.37. The third kappa shape index (κ3) is 5.46. The van der Waals surface area contributed by atoms with Crippen molar-refractivity contribution < 1.29 is 23.5 Å². The summed E-state index contributed by atoms with van der Waals surface area (Å²) in [4.78, 5) is 25.1. The second-order valence-electron chi connectivity index (χ2n) is 8.41. The van der Waals surface area contributed by atoms with E-state index in [0.717, 1.165) is 40.9 Å². The van der Waals surface area contributed by atoms with Gasteiger partial charge >= 0.3 is 12.1 Å². The molecule has 0 spiro atoms. The normalized spacial score (nSPS) is 13.8. The molecule has 1 fully saturated rings. The molecule has 0 bridgehead atoms. The van der Waals surface area contributed by atoms with Crippen LogP contribution in [0.1, 0.15) is 31.4 Å². The monoisotopic (exact) mass is 541 g/mol. The van der Waals surface area contributed by atoms with Gasteiger partial charge in [-0.15, -0.1) is 11.3 Å². The van der Waals surface area contributed by atoms with E-state index in [0.29, 0.717) is 26.9 Å². The maximum absolute atomic E-state index is 14.4. The zero-order chi connectivity index (χ0) is 25.2. The maximum atomic E-state index is 14.4. The Morgan fingerprint density at radius 1 is 1.08 bits per heavy atom. The van der Waals surface area contributed by atoms with Crippen molar-refractivity contribution in [1.82, 2.24) is 0 Å². The molecule has 1 saturated carbocycles. The van der Waals surface area contributed by atoms with E-state index >= 15 is 0 Å². The van der Waals surface area contributed by atoms with E-state index < -0.39 is 17.3 Å². The summed E-state index contributed by atoms with van der Waals surface area (Å²) in [6.07, 6.45) is 0.497. The largest absolute Gasteiger partial charge is 0.441 e. The van der Waals surface area contributed by atoms with Gasteiger partial charge < -0.3 is 9.47 Å². The van der Waals surface area contributed by atoms with Gasteiger partial charge in [0.25, 0.3) is 0 Å². The summed E-state index contributed by atoms with van der Waals surface area (Å²) in [5.41, 5.74) is 3.48. The molecule has 1 aliphatic rings. The number of halogens is 2. The minimum Gasteiger partial charge on any atom is -0.441 e. The number of amides is 1. The number of carbonyl (C=O) groups excluding carboxylic acids is 2. The fraction of sp³-hybridized carbons (Fsp3) is 0.185. The number of benzene rings is 2. The third-order valence-electron chi connectivity index (χ3n) is 5.77. The summed E-state index contributed by atoms with van der Waals surface area (Å²) in [6.45, 7) is 1.73. The first-order valence-electron chi connectivity index (χ1n) is 11.3. The Kier molecular flexibility index (Phi) is 7.09. The number of ether oxygens (including phenoxy) is 2. The Bertz CT molecular complexity index is 1410. The molecule has 1 N–H and O–H groups in total. The number of thiophene rings is 2. The van der Waals surface area contributed by atoms with E-state index in [9.17, 15) is 14.0 Å². The number of rotatable bonds is 7. The number of nitrogens with one attached hydrogen (secondary N) is 1. The van der Waals surface area contributed by atoms with Gasteiger partial charge in [-0.2, -0.15) is 15.7 Å². The van der Waals surface area contributed by atoms with Gasteiger partial charge in [-0.25, -0.2) is 4.79 Å². The molecule has 2 aromatic carbocycles. The van der Waals surface area contributed by atoms with Crippen LogP contribution in [-0.4, -0.2) is 12.1 Å². The first-order chi connectivity index (χ1) is 17.4. The highest BCUT2D eigenvalue weighted by atomic mass is 35.5. The van der Waals surface area contributed by atoms with Crippen LogP contribution in [0.3, 0.4) is 0 Å². The topological polar surface area (TPSA) is 64.6 Å². The number of carbonyl (C=O) groups is 2. The number of anilines is 1. The van der Waals surface area contributed by atoms with Gasteiger partial charge in [0.2, 0.25) is 0 Å². The second kappa shape index (κ2) is 10.4. The molecule has 2 aromatic heterocycles. The summed E-state index contributed by atoms with van der Waals surface area (Å²) < 4.78 is 25.3. The predicted molar refractivity (Wildman–Crippen MR) is 141 cm³/mol. The minimum absolute atomic E-state index is 0.0157. The Hall–Kier alpha value is -3.20. The van der Waals surface area contributed by atoms with Gasteiger partial charge in [-0.05, 0) is 48.4 Å². The van der Waals surface area contributed by atoms with Crippen molar-refractivity contribution in [2.24, 2.45) is 5.92 Å². The van der Waals surface area contributed by atoms with Crippen molar-refractivity contribution in [2.45, 2.75) is 25.9 Å². The molecule has 4 aromatic rings. The molecule has 1 amide bonds. The van der Waals surface area contributed by atoms with Crippen LogP contribution in [0.2, 0.25) is 5.02 Å². The lowest BCUT2D eigenvalue weighted by molar-refractivity contribution is -0.135. The van der Waals surface area contributed by atoms with Crippen molar-refractivity contribution in [1.29, 1.82) is 0 Å². The molecular weight excluding hydrogens is 521 g/mol. The highest BCUT2D eigenvalue weighted by molar-refractivity contribution is 7.14. The fourth-order valence-corrected chi connectivity index (χ4v) is 5.85. The predicted octanol–water partition coefficient (Wildman–Crippen LogP) is 8.56. The second-order valence-corrected chi connectivity index (χ2v) is 10.6. The smallest absolute Gasteiger partial charge is 0.412 e. The van der Waals surface area contributed by atoms with Gasteiger partial charge in [-0.3, -0.25) is 10.1 Å². The van der Waals surface area contributed by atoms with Crippen LogP contribution in [-0.2, 0) is 9.53 Å². The average molecular weight is 542 g/mol. The first kappa shape index (κ1) is 24.5. The van der Waals surface area contributed by atoms with Crippen molar-refractivity contribution >= 4 is 52.0 Å². The quantitative estimate of drug-likeness (QED) is 0.188. The van der Waals surface area contributed by atoms with Crippen LogP contribution in [0, 0.1) is 11.0 Å². The van der Waals surface area contributed by atoms with Crippen molar-refractivity contribution in [2.75, 3.05) is 5.32 Å². The molecule has 9 heteroatoms. The lowest BCUT2D eigenvalue weighted by Gasteiger charge is -2.15. The molecule has 36 heavy (non-hydrogen) atoms.